The van der Waals surface area contributed by atoms with Crippen molar-refractivity contribution in [1.82, 2.24) is 35.1 Å². The third-order valence-electron chi connectivity index (χ3n) is 8.49. The van der Waals surface area contributed by atoms with E-state index in [1.54, 1.807) is 19.6 Å². The Hall–Kier alpha value is -3.34. The van der Waals surface area contributed by atoms with Crippen LogP contribution in [0.25, 0.3) is 0 Å². The summed E-state index contributed by atoms with van der Waals surface area (Å²) in [6.07, 6.45) is 1.84. The van der Waals surface area contributed by atoms with Gasteiger partial charge in [0.05, 0.1) is 32.7 Å². The highest BCUT2D eigenvalue weighted by Crippen LogP contribution is 2.51. The molecule has 2 saturated heterocycles. The van der Waals surface area contributed by atoms with Gasteiger partial charge < -0.3 is 30.9 Å². The third-order valence-corrected chi connectivity index (χ3v) is 8.49. The Labute approximate surface area is 257 Å². The predicted octanol–water partition coefficient (Wildman–Crippen LogP) is -2.80. The highest BCUT2D eigenvalue weighted by atomic mass is 16.4. The van der Waals surface area contributed by atoms with Crippen molar-refractivity contribution in [1.29, 1.82) is 0 Å². The molecule has 2 unspecified atom stereocenters. The Bertz CT molecular complexity index is 1000. The van der Waals surface area contributed by atoms with Gasteiger partial charge in [0.1, 0.15) is 0 Å². The summed E-state index contributed by atoms with van der Waals surface area (Å²) in [5, 5.41) is 33.6. The van der Waals surface area contributed by atoms with Gasteiger partial charge in [0.15, 0.2) is 0 Å². The molecule has 3 aliphatic rings. The number of carbonyl (C=O) groups is 6. The summed E-state index contributed by atoms with van der Waals surface area (Å²) >= 11 is 0. The molecule has 2 atom stereocenters. The van der Waals surface area contributed by atoms with Crippen LogP contribution in [-0.4, -0.2) is 180 Å². The number of amides is 3. The normalized spacial score (nSPS) is 24.0. The third kappa shape index (κ3) is 11.6. The fourth-order valence-corrected chi connectivity index (χ4v) is 5.95. The van der Waals surface area contributed by atoms with Crippen molar-refractivity contribution in [3.8, 4) is 0 Å². The maximum absolute atomic E-state index is 13.3. The largest absolute Gasteiger partial charge is 0.480 e. The summed E-state index contributed by atoms with van der Waals surface area (Å²) in [7, 11) is 0. The standard InChI is InChI=1S/C28H47N7O9/c1-2-3-4-29-22(36)13-30-28(44)27-20-14-35(15-21(20)27)23(37)16-31-5-7-32(17-24(38)39)9-11-34(19-26(42)43)12-10-33(8-6-31)18-25(40)41/h20-21,27H,2-19H2,1H3,(H,29,36)(H,30,44)(H,38,39)(H,40,41)(H,42,43). The second-order valence-corrected chi connectivity index (χ2v) is 11.9. The summed E-state index contributed by atoms with van der Waals surface area (Å²) in [4.78, 5) is 80.8. The summed E-state index contributed by atoms with van der Waals surface area (Å²) in [6, 6.07) is 0. The molecule has 3 fully saturated rings. The molecule has 3 amide bonds. The number of nitrogens with zero attached hydrogens (tertiary/aromatic N) is 5. The molecule has 3 rings (SSSR count). The van der Waals surface area contributed by atoms with Crippen molar-refractivity contribution >= 4 is 35.6 Å². The molecule has 5 N–H and O–H groups in total. The number of hydrogen-bond acceptors (Lipinski definition) is 10. The Morgan fingerprint density at radius 3 is 1.43 bits per heavy atom. The van der Waals surface area contributed by atoms with Gasteiger partial charge in [-0.25, -0.2) is 0 Å². The van der Waals surface area contributed by atoms with Crippen LogP contribution < -0.4 is 10.6 Å². The van der Waals surface area contributed by atoms with Gasteiger partial charge >= 0.3 is 17.9 Å². The average Bonchev–Trinajstić information content (AvgIpc) is 3.45. The summed E-state index contributed by atoms with van der Waals surface area (Å²) < 4.78 is 0. The molecule has 0 radical (unpaired) electrons. The first-order chi connectivity index (χ1) is 21.0. The van der Waals surface area contributed by atoms with E-state index in [1.807, 2.05) is 11.8 Å². The maximum atomic E-state index is 13.3. The second kappa shape index (κ2) is 17.2. The fraction of sp³-hybridized carbons (Fsp3) is 0.786. The number of unbranched alkanes of at least 4 members (excludes halogenated alkanes) is 1. The zero-order chi connectivity index (χ0) is 32.2. The number of carboxylic acids is 3. The summed E-state index contributed by atoms with van der Waals surface area (Å²) in [5.74, 6) is -3.64. The van der Waals surface area contributed by atoms with Gasteiger partial charge in [-0.15, -0.1) is 0 Å². The molecular weight excluding hydrogens is 578 g/mol. The highest BCUT2D eigenvalue weighted by Gasteiger charge is 2.60. The van der Waals surface area contributed by atoms with Crippen LogP contribution in [0.2, 0.25) is 0 Å². The lowest BCUT2D eigenvalue weighted by Gasteiger charge is -2.33. The Morgan fingerprint density at radius 1 is 0.636 bits per heavy atom. The number of hydrogen-bond donors (Lipinski definition) is 5. The van der Waals surface area contributed by atoms with Crippen molar-refractivity contribution in [2.24, 2.45) is 17.8 Å². The van der Waals surface area contributed by atoms with Crippen LogP contribution in [-0.2, 0) is 28.8 Å². The van der Waals surface area contributed by atoms with Crippen molar-refractivity contribution in [3.05, 3.63) is 0 Å². The molecule has 16 heteroatoms. The minimum atomic E-state index is -1.02. The number of likely N-dealkylation sites (tertiary alicyclic amines) is 1. The molecule has 44 heavy (non-hydrogen) atoms. The SMILES string of the molecule is CCCCNC(=O)CNC(=O)C1C2CN(C(=O)CN3CCN(CC(=O)O)CCN(CC(=O)O)CCN(CC(=O)O)CC3)CC21. The van der Waals surface area contributed by atoms with Crippen molar-refractivity contribution in [3.63, 3.8) is 0 Å². The first-order valence-electron chi connectivity index (χ1n) is 15.3. The second-order valence-electron chi connectivity index (χ2n) is 11.9. The minimum absolute atomic E-state index is 0.0549. The summed E-state index contributed by atoms with van der Waals surface area (Å²) in [5.41, 5.74) is 0. The van der Waals surface area contributed by atoms with Crippen LogP contribution in [0.15, 0.2) is 0 Å². The van der Waals surface area contributed by atoms with Gasteiger partial charge in [0.25, 0.3) is 0 Å². The van der Waals surface area contributed by atoms with E-state index in [0.29, 0.717) is 72.0 Å². The number of piperidine rings is 1. The van der Waals surface area contributed by atoms with Crippen LogP contribution in [0.3, 0.4) is 0 Å². The smallest absolute Gasteiger partial charge is 0.317 e. The number of nitrogens with one attached hydrogen (secondary N) is 2. The van der Waals surface area contributed by atoms with Crippen LogP contribution >= 0.6 is 0 Å². The topological polar surface area (TPSA) is 203 Å². The molecule has 2 aliphatic heterocycles. The van der Waals surface area contributed by atoms with E-state index in [9.17, 15) is 44.1 Å². The van der Waals surface area contributed by atoms with Gasteiger partial charge in [-0.3, -0.25) is 48.4 Å². The number of fused-ring (bicyclic) bond motifs is 1. The maximum Gasteiger partial charge on any atom is 0.317 e. The van der Waals surface area contributed by atoms with Crippen molar-refractivity contribution in [2.75, 3.05) is 105 Å². The van der Waals surface area contributed by atoms with E-state index in [1.165, 1.54) is 0 Å². The Balaban J connectivity index is 1.54. The first-order valence-corrected chi connectivity index (χ1v) is 15.3. The highest BCUT2D eigenvalue weighted by molar-refractivity contribution is 5.88. The molecule has 1 saturated carbocycles. The van der Waals surface area contributed by atoms with Gasteiger partial charge in [0, 0.05) is 77.9 Å². The lowest BCUT2D eigenvalue weighted by Crippen LogP contribution is -2.50. The molecular formula is C28H47N7O9. The van der Waals surface area contributed by atoms with Gasteiger partial charge in [-0.2, -0.15) is 0 Å². The Kier molecular flexibility index (Phi) is 13.8. The van der Waals surface area contributed by atoms with Crippen LogP contribution in [0.4, 0.5) is 0 Å². The molecule has 1 aliphatic carbocycles. The van der Waals surface area contributed by atoms with E-state index in [-0.39, 0.29) is 68.2 Å². The number of carboxylic acid groups (broad SMARTS) is 3. The molecule has 0 bridgehead atoms. The number of rotatable bonds is 14. The lowest BCUT2D eigenvalue weighted by atomic mass is 10.2. The van der Waals surface area contributed by atoms with Crippen molar-refractivity contribution in [2.45, 2.75) is 19.8 Å². The molecule has 248 valence electrons. The molecule has 0 spiro atoms. The molecule has 0 aromatic heterocycles. The zero-order valence-electron chi connectivity index (χ0n) is 25.5. The molecule has 0 aromatic carbocycles. The molecule has 0 aromatic rings. The lowest BCUT2D eigenvalue weighted by molar-refractivity contribution is -0.140. The predicted molar refractivity (Wildman–Crippen MR) is 157 cm³/mol. The molecule has 16 nitrogen and oxygen atoms in total. The van der Waals surface area contributed by atoms with E-state index in [4.69, 9.17) is 0 Å². The van der Waals surface area contributed by atoms with Gasteiger partial charge in [-0.05, 0) is 18.3 Å². The van der Waals surface area contributed by atoms with Crippen LogP contribution in [0, 0.1) is 17.8 Å². The number of carbonyl (C=O) groups excluding carboxylic acids is 3. The Morgan fingerprint density at radius 2 is 1.05 bits per heavy atom. The van der Waals surface area contributed by atoms with Crippen LogP contribution in [0.1, 0.15) is 19.8 Å². The average molecular weight is 626 g/mol. The van der Waals surface area contributed by atoms with E-state index in [2.05, 4.69) is 10.6 Å². The van der Waals surface area contributed by atoms with Gasteiger partial charge in [0.2, 0.25) is 17.7 Å². The van der Waals surface area contributed by atoms with Gasteiger partial charge in [-0.1, -0.05) is 13.3 Å². The quantitative estimate of drug-likeness (QED) is 0.124. The first kappa shape index (κ1) is 35.1. The monoisotopic (exact) mass is 625 g/mol. The summed E-state index contributed by atoms with van der Waals surface area (Å²) in [6.45, 7) is 5.43. The van der Waals surface area contributed by atoms with E-state index < -0.39 is 17.9 Å². The van der Waals surface area contributed by atoms with Crippen LogP contribution in [0.5, 0.6) is 0 Å². The minimum Gasteiger partial charge on any atom is -0.480 e. The molecule has 2 heterocycles. The van der Waals surface area contributed by atoms with E-state index in [0.717, 1.165) is 12.8 Å². The fourth-order valence-electron chi connectivity index (χ4n) is 5.95. The van der Waals surface area contributed by atoms with E-state index >= 15 is 0 Å². The number of aliphatic carboxylic acids is 3. The zero-order valence-corrected chi connectivity index (χ0v) is 25.5. The van der Waals surface area contributed by atoms with Crippen molar-refractivity contribution < 1.29 is 44.1 Å².